The van der Waals surface area contributed by atoms with Gasteiger partial charge in [-0.25, -0.2) is 8.78 Å². The van der Waals surface area contributed by atoms with E-state index in [0.717, 1.165) is 17.7 Å². The van der Waals surface area contributed by atoms with Crippen LogP contribution in [-0.2, 0) is 0 Å². The summed E-state index contributed by atoms with van der Waals surface area (Å²) in [6, 6.07) is 6.70. The molecule has 0 aliphatic carbocycles. The zero-order valence-electron chi connectivity index (χ0n) is 11.1. The van der Waals surface area contributed by atoms with Gasteiger partial charge in [-0.05, 0) is 36.8 Å². The summed E-state index contributed by atoms with van der Waals surface area (Å²) in [4.78, 5) is 0. The van der Waals surface area contributed by atoms with E-state index < -0.39 is 17.7 Å². The van der Waals surface area contributed by atoms with E-state index in [9.17, 15) is 13.9 Å². The maximum absolute atomic E-state index is 13.5. The van der Waals surface area contributed by atoms with Gasteiger partial charge in [-0.2, -0.15) is 0 Å². The van der Waals surface area contributed by atoms with Gasteiger partial charge in [0.2, 0.25) is 0 Å². The van der Waals surface area contributed by atoms with Gasteiger partial charge in [0.25, 0.3) is 0 Å². The molecule has 0 aliphatic heterocycles. The number of aliphatic hydroxyl groups excluding tert-OH is 1. The molecule has 0 saturated heterocycles. The van der Waals surface area contributed by atoms with Crippen molar-refractivity contribution in [3.05, 3.63) is 63.1 Å². The predicted octanol–water partition coefficient (Wildman–Crippen LogP) is 4.73. The summed E-state index contributed by atoms with van der Waals surface area (Å²) in [5.41, 5.74) is 0.926. The van der Waals surface area contributed by atoms with Crippen LogP contribution in [0.15, 0.2) is 30.3 Å². The monoisotopic (exact) mass is 331 g/mol. The molecule has 2 aromatic carbocycles. The molecule has 0 saturated carbocycles. The molecule has 0 aromatic heterocycles. The highest BCUT2D eigenvalue weighted by atomic mass is 35.5. The smallest absolute Gasteiger partial charge is 0.132 e. The average Bonchev–Trinajstić information content (AvgIpc) is 2.41. The van der Waals surface area contributed by atoms with E-state index >= 15 is 0 Å². The maximum atomic E-state index is 13.5. The van der Waals surface area contributed by atoms with Crippen molar-refractivity contribution in [3.8, 4) is 0 Å². The van der Waals surface area contributed by atoms with Gasteiger partial charge >= 0.3 is 0 Å². The summed E-state index contributed by atoms with van der Waals surface area (Å²) < 4.78 is 27.1. The quantitative estimate of drug-likeness (QED) is 0.849. The van der Waals surface area contributed by atoms with Crippen molar-refractivity contribution in [2.24, 2.45) is 0 Å². The number of aliphatic hydroxyl groups is 1. The fourth-order valence-corrected chi connectivity index (χ4v) is 2.37. The largest absolute Gasteiger partial charge is 0.386 e. The van der Waals surface area contributed by atoms with Crippen molar-refractivity contribution in [1.29, 1.82) is 0 Å². The van der Waals surface area contributed by atoms with E-state index in [4.69, 9.17) is 23.2 Å². The molecule has 0 heterocycles. The van der Waals surface area contributed by atoms with Crippen LogP contribution in [-0.4, -0.2) is 11.7 Å². The first kappa shape index (κ1) is 16.0. The Hall–Kier alpha value is -1.36. The molecular formula is C15H13Cl2F2NO. The molecule has 0 fully saturated rings. The lowest BCUT2D eigenvalue weighted by molar-refractivity contribution is 0.181. The lowest BCUT2D eigenvalue weighted by Gasteiger charge is -2.16. The van der Waals surface area contributed by atoms with Crippen LogP contribution in [0.3, 0.4) is 0 Å². The molecule has 2 N–H and O–H groups in total. The number of halogens is 4. The highest BCUT2D eigenvalue weighted by molar-refractivity contribution is 6.35. The minimum absolute atomic E-state index is 0.100. The van der Waals surface area contributed by atoms with Crippen molar-refractivity contribution in [2.45, 2.75) is 13.0 Å². The maximum Gasteiger partial charge on any atom is 0.132 e. The molecule has 21 heavy (non-hydrogen) atoms. The molecule has 112 valence electrons. The number of anilines is 1. The van der Waals surface area contributed by atoms with Gasteiger partial charge < -0.3 is 10.4 Å². The van der Waals surface area contributed by atoms with E-state index in [1.807, 2.05) is 6.92 Å². The summed E-state index contributed by atoms with van der Waals surface area (Å²) in [5.74, 6) is -1.59. The predicted molar refractivity (Wildman–Crippen MR) is 81.0 cm³/mol. The van der Waals surface area contributed by atoms with E-state index in [2.05, 4.69) is 5.32 Å². The topological polar surface area (TPSA) is 32.3 Å². The average molecular weight is 332 g/mol. The zero-order valence-corrected chi connectivity index (χ0v) is 12.6. The molecule has 6 heteroatoms. The zero-order chi connectivity index (χ0) is 15.6. The van der Waals surface area contributed by atoms with Crippen molar-refractivity contribution in [3.63, 3.8) is 0 Å². The minimum Gasteiger partial charge on any atom is -0.386 e. The van der Waals surface area contributed by atoms with Crippen molar-refractivity contribution < 1.29 is 13.9 Å². The number of aryl methyl sites for hydroxylation is 1. The standard InChI is InChI=1S/C15H13Cl2F2NO/c1-8-5-10(17)13(6-9(8)16)20-7-14(21)15-11(18)3-2-4-12(15)19/h2-6,14,20-21H,7H2,1H3. The second-order valence-electron chi connectivity index (χ2n) is 4.61. The molecule has 2 rings (SSSR count). The summed E-state index contributed by atoms with van der Waals surface area (Å²) in [5, 5.41) is 13.7. The lowest BCUT2D eigenvalue weighted by Crippen LogP contribution is -2.15. The lowest BCUT2D eigenvalue weighted by atomic mass is 10.1. The third kappa shape index (κ3) is 3.64. The van der Waals surface area contributed by atoms with Gasteiger partial charge in [-0.15, -0.1) is 0 Å². The third-order valence-electron chi connectivity index (χ3n) is 3.07. The number of hydrogen-bond donors (Lipinski definition) is 2. The van der Waals surface area contributed by atoms with Gasteiger partial charge in [-0.3, -0.25) is 0 Å². The molecule has 2 aromatic rings. The Kier molecular flexibility index (Phi) is 5.04. The van der Waals surface area contributed by atoms with Crippen LogP contribution in [0.2, 0.25) is 10.0 Å². The fraction of sp³-hybridized carbons (Fsp3) is 0.200. The van der Waals surface area contributed by atoms with Crippen LogP contribution in [0, 0.1) is 18.6 Å². The van der Waals surface area contributed by atoms with E-state index in [-0.39, 0.29) is 12.1 Å². The number of nitrogens with one attached hydrogen (secondary N) is 1. The molecule has 0 amide bonds. The van der Waals surface area contributed by atoms with Crippen molar-refractivity contribution in [2.75, 3.05) is 11.9 Å². The first-order chi connectivity index (χ1) is 9.90. The molecule has 0 aliphatic rings. The second-order valence-corrected chi connectivity index (χ2v) is 5.43. The van der Waals surface area contributed by atoms with E-state index in [1.165, 1.54) is 6.07 Å². The van der Waals surface area contributed by atoms with Crippen LogP contribution in [0.5, 0.6) is 0 Å². The first-order valence-corrected chi connectivity index (χ1v) is 6.97. The van der Waals surface area contributed by atoms with E-state index in [1.54, 1.807) is 12.1 Å². The summed E-state index contributed by atoms with van der Waals surface area (Å²) >= 11 is 12.0. The summed E-state index contributed by atoms with van der Waals surface area (Å²) in [6.45, 7) is 1.71. The van der Waals surface area contributed by atoms with Crippen molar-refractivity contribution in [1.82, 2.24) is 0 Å². The van der Waals surface area contributed by atoms with Crippen molar-refractivity contribution >= 4 is 28.9 Å². The minimum atomic E-state index is -1.35. The molecule has 1 atom stereocenters. The molecule has 0 spiro atoms. The Balaban J connectivity index is 2.15. The van der Waals surface area contributed by atoms with Crippen LogP contribution >= 0.6 is 23.2 Å². The van der Waals surface area contributed by atoms with Gasteiger partial charge in [-0.1, -0.05) is 29.3 Å². The van der Waals surface area contributed by atoms with Crippen LogP contribution < -0.4 is 5.32 Å². The van der Waals surface area contributed by atoms with Gasteiger partial charge in [0.1, 0.15) is 17.7 Å². The Morgan fingerprint density at radius 2 is 1.76 bits per heavy atom. The molecule has 0 bridgehead atoms. The Morgan fingerprint density at radius 3 is 2.38 bits per heavy atom. The second kappa shape index (κ2) is 6.60. The Labute approximate surface area is 131 Å². The van der Waals surface area contributed by atoms with Gasteiger partial charge in [0, 0.05) is 11.6 Å². The van der Waals surface area contributed by atoms with Crippen LogP contribution in [0.1, 0.15) is 17.2 Å². The Morgan fingerprint density at radius 1 is 1.14 bits per heavy atom. The summed E-state index contributed by atoms with van der Waals surface area (Å²) in [6.07, 6.45) is -1.35. The number of benzene rings is 2. The summed E-state index contributed by atoms with van der Waals surface area (Å²) in [7, 11) is 0. The van der Waals surface area contributed by atoms with Crippen LogP contribution in [0.25, 0.3) is 0 Å². The third-order valence-corrected chi connectivity index (χ3v) is 3.79. The molecule has 2 nitrogen and oxygen atoms in total. The molecule has 0 radical (unpaired) electrons. The van der Waals surface area contributed by atoms with Gasteiger partial charge in [0.05, 0.1) is 16.3 Å². The first-order valence-electron chi connectivity index (χ1n) is 6.21. The molecule has 1 unspecified atom stereocenters. The highest BCUT2D eigenvalue weighted by Gasteiger charge is 2.18. The Bertz CT molecular complexity index is 644. The SMILES string of the molecule is Cc1cc(Cl)c(NCC(O)c2c(F)cccc2F)cc1Cl. The number of hydrogen-bond acceptors (Lipinski definition) is 2. The van der Waals surface area contributed by atoms with E-state index in [0.29, 0.717) is 15.7 Å². The number of rotatable bonds is 4. The highest BCUT2D eigenvalue weighted by Crippen LogP contribution is 2.29. The molecular weight excluding hydrogens is 319 g/mol. The fourth-order valence-electron chi connectivity index (χ4n) is 1.92. The van der Waals surface area contributed by atoms with Gasteiger partial charge in [0.15, 0.2) is 0 Å². The normalized spacial score (nSPS) is 12.3. The van der Waals surface area contributed by atoms with Crippen LogP contribution in [0.4, 0.5) is 14.5 Å².